The second-order valence-corrected chi connectivity index (χ2v) is 5.88. The third-order valence-corrected chi connectivity index (χ3v) is 3.59. The Hall–Kier alpha value is -1.51. The second kappa shape index (κ2) is 4.30. The van der Waals surface area contributed by atoms with E-state index in [1.165, 1.54) is 5.56 Å². The highest BCUT2D eigenvalue weighted by atomic mass is 16.5. The highest BCUT2D eigenvalue weighted by Gasteiger charge is 2.35. The van der Waals surface area contributed by atoms with Crippen LogP contribution in [0.3, 0.4) is 0 Å². The van der Waals surface area contributed by atoms with Crippen molar-refractivity contribution in [2.75, 3.05) is 7.11 Å². The van der Waals surface area contributed by atoms with Crippen molar-refractivity contribution in [3.8, 4) is 5.75 Å². The van der Waals surface area contributed by atoms with Crippen molar-refractivity contribution in [2.45, 2.75) is 45.7 Å². The summed E-state index contributed by atoms with van der Waals surface area (Å²) >= 11 is 0. The first-order valence-corrected chi connectivity index (χ1v) is 6.33. The first kappa shape index (κ1) is 12.9. The monoisotopic (exact) mass is 247 g/mol. The Labute approximate surface area is 109 Å². The number of benzene rings is 1. The Kier molecular flexibility index (Phi) is 3.09. The van der Waals surface area contributed by atoms with E-state index in [4.69, 9.17) is 4.74 Å². The average Bonchev–Trinajstić information content (AvgIpc) is 2.31. The lowest BCUT2D eigenvalue weighted by Gasteiger charge is -2.41. The fourth-order valence-electron chi connectivity index (χ4n) is 2.45. The Morgan fingerprint density at radius 2 is 2.00 bits per heavy atom. The zero-order valence-electron chi connectivity index (χ0n) is 11.8. The number of carbonyl (C=O) groups excluding carboxylic acids is 1. The Bertz CT molecular complexity index is 474. The number of hydrogen-bond acceptors (Lipinski definition) is 2. The van der Waals surface area contributed by atoms with Gasteiger partial charge in [0.05, 0.1) is 13.0 Å². The van der Waals surface area contributed by atoms with Crippen LogP contribution in [0, 0.1) is 0 Å². The topological polar surface area (TPSA) is 29.5 Å². The van der Waals surface area contributed by atoms with Crippen LogP contribution in [-0.2, 0) is 11.3 Å². The number of ether oxygens (including phenoxy) is 1. The summed E-state index contributed by atoms with van der Waals surface area (Å²) in [5, 5.41) is 0. The molecule has 1 heterocycles. The number of amides is 1. The fraction of sp³-hybridized carbons (Fsp3) is 0.533. The molecule has 1 aromatic rings. The van der Waals surface area contributed by atoms with Gasteiger partial charge in [-0.2, -0.15) is 0 Å². The van der Waals surface area contributed by atoms with E-state index in [1.807, 2.05) is 30.0 Å². The van der Waals surface area contributed by atoms with Gasteiger partial charge in [-0.15, -0.1) is 0 Å². The minimum Gasteiger partial charge on any atom is -0.497 e. The van der Waals surface area contributed by atoms with Crippen LogP contribution in [-0.4, -0.2) is 23.5 Å². The van der Waals surface area contributed by atoms with Gasteiger partial charge in [0.15, 0.2) is 0 Å². The van der Waals surface area contributed by atoms with Gasteiger partial charge in [0.25, 0.3) is 0 Å². The molecule has 1 aliphatic rings. The van der Waals surface area contributed by atoms with Gasteiger partial charge >= 0.3 is 0 Å². The first-order chi connectivity index (χ1) is 8.34. The maximum absolute atomic E-state index is 12.4. The van der Waals surface area contributed by atoms with Crippen molar-refractivity contribution in [1.29, 1.82) is 0 Å². The SMILES string of the molecule is COc1ccc2c(c1)CN(C(C)(C)C)C(=O)C2C. The predicted molar refractivity (Wildman–Crippen MR) is 71.7 cm³/mol. The van der Waals surface area contributed by atoms with Crippen molar-refractivity contribution in [1.82, 2.24) is 4.90 Å². The maximum atomic E-state index is 12.4. The minimum atomic E-state index is -0.147. The zero-order chi connectivity index (χ0) is 13.5. The molecule has 0 N–H and O–H groups in total. The van der Waals surface area contributed by atoms with Crippen LogP contribution in [0.5, 0.6) is 5.75 Å². The number of fused-ring (bicyclic) bond motifs is 1. The van der Waals surface area contributed by atoms with Crippen LogP contribution >= 0.6 is 0 Å². The van der Waals surface area contributed by atoms with Crippen molar-refractivity contribution in [3.05, 3.63) is 29.3 Å². The van der Waals surface area contributed by atoms with Crippen LogP contribution < -0.4 is 4.74 Å². The van der Waals surface area contributed by atoms with Crippen LogP contribution in [0.15, 0.2) is 18.2 Å². The number of carbonyl (C=O) groups is 1. The van der Waals surface area contributed by atoms with E-state index in [0.29, 0.717) is 6.54 Å². The summed E-state index contributed by atoms with van der Waals surface area (Å²) in [6, 6.07) is 5.98. The summed E-state index contributed by atoms with van der Waals surface area (Å²) in [6.07, 6.45) is 0. The Morgan fingerprint density at radius 1 is 1.33 bits per heavy atom. The van der Waals surface area contributed by atoms with E-state index < -0.39 is 0 Å². The molecule has 18 heavy (non-hydrogen) atoms. The lowest BCUT2D eigenvalue weighted by molar-refractivity contribution is -0.139. The third-order valence-electron chi connectivity index (χ3n) is 3.59. The third kappa shape index (κ3) is 2.09. The quantitative estimate of drug-likeness (QED) is 0.763. The molecule has 3 heteroatoms. The molecule has 3 nitrogen and oxygen atoms in total. The van der Waals surface area contributed by atoms with Crippen LogP contribution in [0.25, 0.3) is 0 Å². The highest BCUT2D eigenvalue weighted by molar-refractivity contribution is 5.86. The summed E-state index contributed by atoms with van der Waals surface area (Å²) in [6.45, 7) is 8.86. The molecule has 1 aliphatic heterocycles. The van der Waals surface area contributed by atoms with Gasteiger partial charge in [0.2, 0.25) is 5.91 Å². The molecule has 0 radical (unpaired) electrons. The van der Waals surface area contributed by atoms with E-state index >= 15 is 0 Å². The molecule has 0 spiro atoms. The predicted octanol–water partition coefficient (Wildman–Crippen LogP) is 2.94. The summed E-state index contributed by atoms with van der Waals surface area (Å²) in [7, 11) is 1.67. The minimum absolute atomic E-state index is 0.0705. The first-order valence-electron chi connectivity index (χ1n) is 6.33. The lowest BCUT2D eigenvalue weighted by atomic mass is 9.87. The highest BCUT2D eigenvalue weighted by Crippen LogP contribution is 2.34. The molecule has 0 fully saturated rings. The largest absolute Gasteiger partial charge is 0.497 e. The van der Waals surface area contributed by atoms with Crippen molar-refractivity contribution in [3.63, 3.8) is 0 Å². The molecule has 0 aliphatic carbocycles. The molecule has 0 saturated heterocycles. The standard InChI is InChI=1S/C15H21NO2/c1-10-13-7-6-12(18-5)8-11(13)9-16(14(10)17)15(2,3)4/h6-8,10H,9H2,1-5H3. The summed E-state index contributed by atoms with van der Waals surface area (Å²) < 4.78 is 5.26. The van der Waals surface area contributed by atoms with E-state index in [9.17, 15) is 4.79 Å². The van der Waals surface area contributed by atoms with E-state index in [-0.39, 0.29) is 17.4 Å². The summed E-state index contributed by atoms with van der Waals surface area (Å²) in [5.41, 5.74) is 2.17. The Morgan fingerprint density at radius 3 is 2.56 bits per heavy atom. The van der Waals surface area contributed by atoms with Gasteiger partial charge in [-0.25, -0.2) is 0 Å². The molecule has 98 valence electrons. The molecular formula is C15H21NO2. The molecule has 1 aromatic carbocycles. The molecule has 1 atom stereocenters. The molecule has 2 rings (SSSR count). The van der Waals surface area contributed by atoms with Gasteiger partial charge in [0.1, 0.15) is 5.75 Å². The van der Waals surface area contributed by atoms with Crippen LogP contribution in [0.2, 0.25) is 0 Å². The van der Waals surface area contributed by atoms with Crippen molar-refractivity contribution in [2.24, 2.45) is 0 Å². The molecule has 0 saturated carbocycles. The summed E-state index contributed by atoms with van der Waals surface area (Å²) in [5.74, 6) is 0.989. The van der Waals surface area contributed by atoms with Gasteiger partial charge in [-0.05, 0) is 51.0 Å². The maximum Gasteiger partial charge on any atom is 0.230 e. The van der Waals surface area contributed by atoms with Crippen LogP contribution in [0.1, 0.15) is 44.7 Å². The molecule has 0 aromatic heterocycles. The lowest BCUT2D eigenvalue weighted by Crippen LogP contribution is -2.49. The van der Waals surface area contributed by atoms with E-state index in [1.54, 1.807) is 7.11 Å². The van der Waals surface area contributed by atoms with Crippen molar-refractivity contribution < 1.29 is 9.53 Å². The zero-order valence-corrected chi connectivity index (χ0v) is 11.8. The smallest absolute Gasteiger partial charge is 0.230 e. The molecule has 1 amide bonds. The van der Waals surface area contributed by atoms with Gasteiger partial charge < -0.3 is 9.64 Å². The second-order valence-electron chi connectivity index (χ2n) is 5.88. The molecular weight excluding hydrogens is 226 g/mol. The van der Waals surface area contributed by atoms with Gasteiger partial charge in [-0.3, -0.25) is 4.79 Å². The average molecular weight is 247 g/mol. The number of nitrogens with zero attached hydrogens (tertiary/aromatic N) is 1. The van der Waals surface area contributed by atoms with E-state index in [2.05, 4.69) is 20.8 Å². The van der Waals surface area contributed by atoms with Gasteiger partial charge in [-0.1, -0.05) is 6.07 Å². The fourth-order valence-corrected chi connectivity index (χ4v) is 2.45. The molecule has 1 unspecified atom stereocenters. The van der Waals surface area contributed by atoms with Crippen molar-refractivity contribution >= 4 is 5.91 Å². The number of rotatable bonds is 1. The Balaban J connectivity index is 2.45. The van der Waals surface area contributed by atoms with Gasteiger partial charge in [0, 0.05) is 12.1 Å². The number of methoxy groups -OCH3 is 1. The van der Waals surface area contributed by atoms with E-state index in [0.717, 1.165) is 11.3 Å². The molecule has 0 bridgehead atoms. The summed E-state index contributed by atoms with van der Waals surface area (Å²) in [4.78, 5) is 14.3. The van der Waals surface area contributed by atoms with Crippen LogP contribution in [0.4, 0.5) is 0 Å². The number of hydrogen-bond donors (Lipinski definition) is 0. The normalized spacial score (nSPS) is 19.7.